The highest BCUT2D eigenvalue weighted by atomic mass is 79.9. The maximum Gasteiger partial charge on any atom is 0.130 e. The Hall–Kier alpha value is -1.94. The van der Waals surface area contributed by atoms with E-state index >= 15 is 0 Å². The van der Waals surface area contributed by atoms with Crippen molar-refractivity contribution in [3.8, 4) is 0 Å². The van der Waals surface area contributed by atoms with Gasteiger partial charge in [0.15, 0.2) is 0 Å². The van der Waals surface area contributed by atoms with Crippen LogP contribution in [0.1, 0.15) is 0 Å². The van der Waals surface area contributed by atoms with E-state index in [4.69, 9.17) is 11.5 Å². The predicted molar refractivity (Wildman–Crippen MR) is 129 cm³/mol. The summed E-state index contributed by atoms with van der Waals surface area (Å²) >= 11 is 3.17. The molecule has 0 unspecified atom stereocenters. The van der Waals surface area contributed by atoms with Crippen molar-refractivity contribution >= 4 is 33.4 Å². The topological polar surface area (TPSA) is 99.6 Å². The van der Waals surface area contributed by atoms with E-state index in [-0.39, 0.29) is 0 Å². The molecule has 0 aliphatic rings. The van der Waals surface area contributed by atoms with Crippen molar-refractivity contribution in [3.63, 3.8) is 0 Å². The van der Waals surface area contributed by atoms with Crippen LogP contribution in [0.15, 0.2) is 41.0 Å². The molecule has 0 saturated carbocycles. The van der Waals surface area contributed by atoms with Gasteiger partial charge in [-0.25, -0.2) is 9.97 Å². The molecular formula is C20H37BrN8. The number of halogens is 1. The quantitative estimate of drug-likeness (QED) is 0.529. The van der Waals surface area contributed by atoms with Crippen LogP contribution in [0, 0.1) is 0 Å². The van der Waals surface area contributed by atoms with Gasteiger partial charge in [-0.1, -0.05) is 12.1 Å². The van der Waals surface area contributed by atoms with Crippen molar-refractivity contribution in [2.75, 3.05) is 84.8 Å². The molecule has 0 spiro atoms. The van der Waals surface area contributed by atoms with Gasteiger partial charge >= 0.3 is 0 Å². The highest BCUT2D eigenvalue weighted by molar-refractivity contribution is 9.10. The molecule has 2 aromatic rings. The second-order valence-electron chi connectivity index (χ2n) is 6.94. The highest BCUT2D eigenvalue weighted by Crippen LogP contribution is 2.10. The Kier molecular flexibility index (Phi) is 14.9. The molecule has 0 aliphatic carbocycles. The van der Waals surface area contributed by atoms with Crippen molar-refractivity contribution in [2.24, 2.45) is 0 Å². The van der Waals surface area contributed by atoms with Crippen LogP contribution in [-0.4, -0.2) is 88.2 Å². The van der Waals surface area contributed by atoms with Crippen LogP contribution in [0.2, 0.25) is 0 Å². The van der Waals surface area contributed by atoms with Gasteiger partial charge in [-0.3, -0.25) is 0 Å². The summed E-state index contributed by atoms with van der Waals surface area (Å²) in [6, 6.07) is 11.1. The van der Waals surface area contributed by atoms with Crippen molar-refractivity contribution < 1.29 is 0 Å². The third kappa shape index (κ3) is 15.6. The number of likely N-dealkylation sites (N-methyl/N-ethyl adjacent to an activating group) is 4. The standard InChI is InChI=1S/C10H18N4.C5H5BrN2.C5H14N2/c1-13(2)7-8-14(3)10-6-4-5-9(11)12-10;6-4-2-1-3-5(7)8-4;1-6-4-5-7(2)3/h4-6H,7-8H2,1-3H3,(H2,11,12);1-3H,(H2,7,8);6H,4-5H2,1-3H3. The smallest absolute Gasteiger partial charge is 0.130 e. The number of anilines is 3. The fourth-order valence-electron chi connectivity index (χ4n) is 1.88. The lowest BCUT2D eigenvalue weighted by Gasteiger charge is -2.20. The number of nitrogens with zero attached hydrogens (tertiary/aromatic N) is 5. The Bertz CT molecular complexity index is 649. The molecule has 0 radical (unpaired) electrons. The number of hydrogen-bond donors (Lipinski definition) is 3. The molecule has 0 atom stereocenters. The van der Waals surface area contributed by atoms with Gasteiger partial charge in [0.2, 0.25) is 0 Å². The summed E-state index contributed by atoms with van der Waals surface area (Å²) in [7, 11) is 12.2. The maximum atomic E-state index is 5.60. The van der Waals surface area contributed by atoms with E-state index in [9.17, 15) is 0 Å². The molecule has 0 saturated heterocycles. The molecule has 0 aromatic carbocycles. The van der Waals surface area contributed by atoms with Crippen LogP contribution >= 0.6 is 15.9 Å². The number of nitrogen functional groups attached to an aromatic ring is 2. The molecule has 5 N–H and O–H groups in total. The second-order valence-corrected chi connectivity index (χ2v) is 7.75. The minimum absolute atomic E-state index is 0.541. The van der Waals surface area contributed by atoms with Gasteiger partial charge in [0.05, 0.1) is 0 Å². The minimum Gasteiger partial charge on any atom is -0.384 e. The van der Waals surface area contributed by atoms with Crippen molar-refractivity contribution in [2.45, 2.75) is 0 Å². The average Bonchev–Trinajstić information content (AvgIpc) is 2.65. The molecule has 29 heavy (non-hydrogen) atoms. The summed E-state index contributed by atoms with van der Waals surface area (Å²) in [6.07, 6.45) is 0. The minimum atomic E-state index is 0.541. The van der Waals surface area contributed by atoms with Gasteiger partial charge in [-0.05, 0) is 75.4 Å². The first-order chi connectivity index (χ1) is 13.6. The Balaban J connectivity index is 0.000000444. The fraction of sp³-hybridized carbons (Fsp3) is 0.500. The van der Waals surface area contributed by atoms with Crippen LogP contribution in [0.3, 0.4) is 0 Å². The van der Waals surface area contributed by atoms with Crippen LogP contribution in [0.25, 0.3) is 0 Å². The summed E-state index contributed by atoms with van der Waals surface area (Å²) in [5.74, 6) is 2.03. The Morgan fingerprint density at radius 3 is 1.76 bits per heavy atom. The first kappa shape index (κ1) is 27.1. The van der Waals surface area contributed by atoms with Crippen LogP contribution < -0.4 is 21.7 Å². The second kappa shape index (κ2) is 15.9. The molecule has 0 fully saturated rings. The van der Waals surface area contributed by atoms with Gasteiger partial charge in [-0.15, -0.1) is 0 Å². The zero-order valence-electron chi connectivity index (χ0n) is 18.6. The normalized spacial score (nSPS) is 10.1. The lowest BCUT2D eigenvalue weighted by atomic mass is 10.4. The maximum absolute atomic E-state index is 5.60. The van der Waals surface area contributed by atoms with Crippen molar-refractivity contribution in [3.05, 3.63) is 41.0 Å². The molecule has 0 amide bonds. The molecular weight excluding hydrogens is 432 g/mol. The van der Waals surface area contributed by atoms with Crippen LogP contribution in [0.4, 0.5) is 17.5 Å². The SMILES string of the molecule is CN(C)CCN(C)c1cccc(N)n1.CNCCN(C)C.Nc1cccc(Br)n1. The number of aromatic nitrogens is 2. The van der Waals surface area contributed by atoms with Crippen molar-refractivity contribution in [1.82, 2.24) is 25.1 Å². The average molecular weight is 469 g/mol. The molecule has 2 rings (SSSR count). The van der Waals surface area contributed by atoms with E-state index in [1.807, 2.05) is 38.4 Å². The first-order valence-corrected chi connectivity index (χ1v) is 10.2. The summed E-state index contributed by atoms with van der Waals surface area (Å²) in [5, 5.41) is 3.06. The highest BCUT2D eigenvalue weighted by Gasteiger charge is 2.02. The monoisotopic (exact) mass is 468 g/mol. The molecule has 8 nitrogen and oxygen atoms in total. The van der Waals surface area contributed by atoms with Gasteiger partial charge in [0.1, 0.15) is 22.1 Å². The molecule has 9 heteroatoms. The van der Waals surface area contributed by atoms with Gasteiger partial charge in [-0.2, -0.15) is 0 Å². The van der Waals surface area contributed by atoms with E-state index in [1.54, 1.807) is 12.1 Å². The number of pyridine rings is 2. The largest absolute Gasteiger partial charge is 0.384 e. The number of hydrogen-bond acceptors (Lipinski definition) is 8. The van der Waals surface area contributed by atoms with E-state index in [0.717, 1.165) is 36.6 Å². The van der Waals surface area contributed by atoms with E-state index < -0.39 is 0 Å². The van der Waals surface area contributed by atoms with Crippen LogP contribution in [-0.2, 0) is 0 Å². The Morgan fingerprint density at radius 2 is 1.38 bits per heavy atom. The number of nitrogens with two attached hydrogens (primary N) is 2. The zero-order chi connectivity index (χ0) is 22.2. The van der Waals surface area contributed by atoms with Crippen molar-refractivity contribution in [1.29, 1.82) is 0 Å². The Morgan fingerprint density at radius 1 is 0.828 bits per heavy atom. The molecule has 164 valence electrons. The predicted octanol–water partition coefficient (Wildman–Crippen LogP) is 1.86. The Labute approximate surface area is 184 Å². The van der Waals surface area contributed by atoms with Gasteiger partial charge in [0, 0.05) is 33.2 Å². The van der Waals surface area contributed by atoms with E-state index in [1.165, 1.54) is 0 Å². The molecule has 2 heterocycles. The van der Waals surface area contributed by atoms with E-state index in [0.29, 0.717) is 11.6 Å². The van der Waals surface area contributed by atoms with Crippen LogP contribution in [0.5, 0.6) is 0 Å². The van der Waals surface area contributed by atoms with Gasteiger partial charge in [0.25, 0.3) is 0 Å². The van der Waals surface area contributed by atoms with Gasteiger partial charge < -0.3 is 31.5 Å². The van der Waals surface area contributed by atoms with E-state index in [2.05, 4.69) is 74.1 Å². The summed E-state index contributed by atoms with van der Waals surface area (Å²) in [4.78, 5) is 14.5. The lowest BCUT2D eigenvalue weighted by molar-refractivity contribution is 0.407. The third-order valence-electron chi connectivity index (χ3n) is 3.58. The third-order valence-corrected chi connectivity index (χ3v) is 4.02. The molecule has 0 bridgehead atoms. The number of rotatable bonds is 7. The summed E-state index contributed by atoms with van der Waals surface area (Å²) < 4.78 is 0.775. The lowest BCUT2D eigenvalue weighted by Crippen LogP contribution is -2.29. The molecule has 2 aromatic heterocycles. The first-order valence-electron chi connectivity index (χ1n) is 9.41. The zero-order valence-corrected chi connectivity index (χ0v) is 20.1. The fourth-order valence-corrected chi connectivity index (χ4v) is 2.23. The number of nitrogens with one attached hydrogen (secondary N) is 1. The summed E-state index contributed by atoms with van der Waals surface area (Å²) in [6.45, 7) is 4.15. The molecule has 0 aliphatic heterocycles. The summed E-state index contributed by atoms with van der Waals surface area (Å²) in [5.41, 5.74) is 10.9.